The molecule has 8 heteroatoms. The van der Waals surface area contributed by atoms with E-state index >= 15 is 0 Å². The summed E-state index contributed by atoms with van der Waals surface area (Å²) in [7, 11) is 0. The lowest BCUT2D eigenvalue weighted by molar-refractivity contribution is -0.157. The zero-order valence-electron chi connectivity index (χ0n) is 12.2. The van der Waals surface area contributed by atoms with E-state index in [9.17, 15) is 39.6 Å². The Hall–Kier alpha value is -2.38. The van der Waals surface area contributed by atoms with Crippen LogP contribution < -0.4 is 0 Å². The van der Waals surface area contributed by atoms with Crippen LogP contribution in [-0.4, -0.2) is 44.3 Å². The van der Waals surface area contributed by atoms with Crippen molar-refractivity contribution in [1.29, 1.82) is 0 Å². The van der Waals surface area contributed by atoms with Crippen LogP contribution in [0.25, 0.3) is 0 Å². The molecule has 2 aliphatic rings. The van der Waals surface area contributed by atoms with Crippen LogP contribution in [0.1, 0.15) is 20.8 Å². The Labute approximate surface area is 125 Å². The minimum atomic E-state index is -1.59. The van der Waals surface area contributed by atoms with Crippen LogP contribution in [0.2, 0.25) is 0 Å². The molecule has 0 radical (unpaired) electrons. The quantitative estimate of drug-likeness (QED) is 0.587. The molecule has 2 aliphatic carbocycles. The first kappa shape index (κ1) is 16.0. The Morgan fingerprint density at radius 1 is 0.864 bits per heavy atom. The molecule has 120 valence electrons. The fourth-order valence-electron chi connectivity index (χ4n) is 4.44. The van der Waals surface area contributed by atoms with Crippen molar-refractivity contribution in [3.8, 4) is 0 Å². The molecule has 0 amide bonds. The average molecular weight is 312 g/mol. The summed E-state index contributed by atoms with van der Waals surface area (Å²) in [6.07, 6.45) is 0. The first-order chi connectivity index (χ1) is 9.90. The summed E-state index contributed by atoms with van der Waals surface area (Å²) in [6.45, 7) is 4.38. The Balaban J connectivity index is 2.89. The number of carboxylic acid groups (broad SMARTS) is 4. The molecule has 0 aromatic heterocycles. The molecule has 0 aliphatic heterocycles. The van der Waals surface area contributed by atoms with Gasteiger partial charge in [-0.1, -0.05) is 20.8 Å². The minimum Gasteiger partial charge on any atom is -0.481 e. The summed E-state index contributed by atoms with van der Waals surface area (Å²) in [5.74, 6) is -10.1. The highest BCUT2D eigenvalue weighted by Crippen LogP contribution is 2.72. The van der Waals surface area contributed by atoms with E-state index in [0.717, 1.165) is 0 Å². The second-order valence-corrected chi connectivity index (χ2v) is 6.48. The summed E-state index contributed by atoms with van der Waals surface area (Å²) in [4.78, 5) is 46.3. The van der Waals surface area contributed by atoms with Gasteiger partial charge in [-0.25, -0.2) is 9.59 Å². The molecular formula is C14H16O8. The summed E-state index contributed by atoms with van der Waals surface area (Å²) < 4.78 is 0. The van der Waals surface area contributed by atoms with Gasteiger partial charge in [0.05, 0.1) is 23.0 Å². The van der Waals surface area contributed by atoms with Crippen molar-refractivity contribution < 1.29 is 39.6 Å². The summed E-state index contributed by atoms with van der Waals surface area (Å²) in [5, 5.41) is 37.6. The van der Waals surface area contributed by atoms with Crippen molar-refractivity contribution in [2.24, 2.45) is 28.6 Å². The fraction of sp³-hybridized carbons (Fsp3) is 0.571. The molecule has 8 nitrogen and oxygen atoms in total. The van der Waals surface area contributed by atoms with Crippen molar-refractivity contribution in [2.75, 3.05) is 0 Å². The molecule has 0 aromatic carbocycles. The topological polar surface area (TPSA) is 149 Å². The number of aliphatic carboxylic acids is 4. The lowest BCUT2D eigenvalue weighted by Gasteiger charge is -2.38. The maximum absolute atomic E-state index is 11.6. The Morgan fingerprint density at radius 3 is 1.68 bits per heavy atom. The zero-order chi connectivity index (χ0) is 17.2. The van der Waals surface area contributed by atoms with Gasteiger partial charge in [0.2, 0.25) is 0 Å². The van der Waals surface area contributed by atoms with E-state index in [4.69, 9.17) is 0 Å². The van der Waals surface area contributed by atoms with Crippen LogP contribution in [0.5, 0.6) is 0 Å². The number of fused-ring (bicyclic) bond motifs is 2. The van der Waals surface area contributed by atoms with Gasteiger partial charge in [-0.05, 0) is 5.41 Å². The van der Waals surface area contributed by atoms with Gasteiger partial charge in [0.25, 0.3) is 0 Å². The maximum Gasteiger partial charge on any atom is 0.332 e. The Morgan fingerprint density at radius 2 is 1.36 bits per heavy atom. The van der Waals surface area contributed by atoms with E-state index in [1.54, 1.807) is 0 Å². The number of hydrogen-bond donors (Lipinski definition) is 4. The molecule has 4 unspecified atom stereocenters. The van der Waals surface area contributed by atoms with Crippen LogP contribution in [0.15, 0.2) is 11.1 Å². The van der Waals surface area contributed by atoms with Crippen molar-refractivity contribution >= 4 is 23.9 Å². The van der Waals surface area contributed by atoms with Gasteiger partial charge in [0.1, 0.15) is 0 Å². The Bertz CT molecular complexity index is 643. The standard InChI is InChI=1S/C14H16O8/c1-13(2)6-4(9(15)16)7(11(19)20)14(13,3)8(12(21)22)5(6)10(17)18/h4,6-7H,1-3H3,(H,15,16)(H,17,18)(H,19,20)(H,21,22). The van der Waals surface area contributed by atoms with Gasteiger partial charge in [-0.2, -0.15) is 0 Å². The van der Waals surface area contributed by atoms with Crippen molar-refractivity contribution in [2.45, 2.75) is 20.8 Å². The molecule has 1 fully saturated rings. The van der Waals surface area contributed by atoms with Crippen LogP contribution in [0, 0.1) is 28.6 Å². The largest absolute Gasteiger partial charge is 0.481 e. The number of hydrogen-bond acceptors (Lipinski definition) is 4. The van der Waals surface area contributed by atoms with Crippen molar-refractivity contribution in [3.05, 3.63) is 11.1 Å². The molecule has 1 saturated carbocycles. The van der Waals surface area contributed by atoms with Gasteiger partial charge in [0, 0.05) is 11.3 Å². The fourth-order valence-corrected chi connectivity index (χ4v) is 4.44. The monoisotopic (exact) mass is 312 g/mol. The lowest BCUT2D eigenvalue weighted by Crippen LogP contribution is -2.44. The molecule has 4 N–H and O–H groups in total. The highest BCUT2D eigenvalue weighted by molar-refractivity contribution is 6.05. The zero-order valence-corrected chi connectivity index (χ0v) is 12.2. The molecular weight excluding hydrogens is 296 g/mol. The number of carbonyl (C=O) groups is 4. The molecule has 2 bridgehead atoms. The molecule has 0 aromatic rings. The SMILES string of the molecule is CC1(C)C2C(C(=O)O)=C(C(=O)O)C1(C)C(C(=O)O)C2C(=O)O. The third-order valence-electron chi connectivity index (χ3n) is 5.55. The number of carboxylic acids is 4. The lowest BCUT2D eigenvalue weighted by atomic mass is 9.63. The average Bonchev–Trinajstić information content (AvgIpc) is 2.63. The first-order valence-corrected chi connectivity index (χ1v) is 6.57. The van der Waals surface area contributed by atoms with E-state index in [1.807, 2.05) is 0 Å². The molecule has 0 spiro atoms. The van der Waals surface area contributed by atoms with Gasteiger partial charge >= 0.3 is 23.9 Å². The van der Waals surface area contributed by atoms with E-state index in [2.05, 4.69) is 0 Å². The summed E-state index contributed by atoms with van der Waals surface area (Å²) in [5.41, 5.74) is -3.71. The predicted molar refractivity (Wildman–Crippen MR) is 69.9 cm³/mol. The highest BCUT2D eigenvalue weighted by atomic mass is 16.4. The summed E-state index contributed by atoms with van der Waals surface area (Å²) in [6, 6.07) is 0. The van der Waals surface area contributed by atoms with Gasteiger partial charge in [0.15, 0.2) is 0 Å². The van der Waals surface area contributed by atoms with E-state index in [1.165, 1.54) is 20.8 Å². The van der Waals surface area contributed by atoms with Crippen LogP contribution in [0.4, 0.5) is 0 Å². The first-order valence-electron chi connectivity index (χ1n) is 6.57. The van der Waals surface area contributed by atoms with Gasteiger partial charge < -0.3 is 20.4 Å². The minimum absolute atomic E-state index is 0.495. The van der Waals surface area contributed by atoms with Crippen LogP contribution in [0.3, 0.4) is 0 Å². The van der Waals surface area contributed by atoms with E-state index in [-0.39, 0.29) is 0 Å². The molecule has 0 heterocycles. The molecule has 4 atom stereocenters. The Kier molecular flexibility index (Phi) is 3.13. The molecule has 22 heavy (non-hydrogen) atoms. The van der Waals surface area contributed by atoms with Crippen molar-refractivity contribution in [1.82, 2.24) is 0 Å². The second-order valence-electron chi connectivity index (χ2n) is 6.48. The van der Waals surface area contributed by atoms with Crippen LogP contribution in [-0.2, 0) is 19.2 Å². The van der Waals surface area contributed by atoms with Crippen molar-refractivity contribution in [3.63, 3.8) is 0 Å². The smallest absolute Gasteiger partial charge is 0.332 e. The van der Waals surface area contributed by atoms with Gasteiger partial charge in [-0.3, -0.25) is 9.59 Å². The molecule has 0 saturated heterocycles. The maximum atomic E-state index is 11.6. The normalized spacial score (nSPS) is 35.5. The van der Waals surface area contributed by atoms with Gasteiger partial charge in [-0.15, -0.1) is 0 Å². The van der Waals surface area contributed by atoms with E-state index in [0.29, 0.717) is 0 Å². The van der Waals surface area contributed by atoms with Crippen LogP contribution >= 0.6 is 0 Å². The third-order valence-corrected chi connectivity index (χ3v) is 5.55. The third kappa shape index (κ3) is 1.52. The van der Waals surface area contributed by atoms with E-state index < -0.39 is 63.6 Å². The second kappa shape index (κ2) is 4.31. The molecule has 2 rings (SSSR count). The predicted octanol–water partition coefficient (Wildman–Crippen LogP) is 0.530. The highest BCUT2D eigenvalue weighted by Gasteiger charge is 2.75. The summed E-state index contributed by atoms with van der Waals surface area (Å²) >= 11 is 0. The number of rotatable bonds is 4.